The fourth-order valence-corrected chi connectivity index (χ4v) is 1.25. The van der Waals surface area contributed by atoms with E-state index in [2.05, 4.69) is 5.32 Å². The third kappa shape index (κ3) is 4.62. The molecule has 5 nitrogen and oxygen atoms in total. The van der Waals surface area contributed by atoms with Gasteiger partial charge in [-0.1, -0.05) is 11.6 Å². The van der Waals surface area contributed by atoms with Crippen LogP contribution in [0.25, 0.3) is 0 Å². The number of nitrogens with zero attached hydrogens (tertiary/aromatic N) is 1. The quantitative estimate of drug-likeness (QED) is 0.612. The first kappa shape index (κ1) is 13.1. The van der Waals surface area contributed by atoms with E-state index >= 15 is 0 Å². The number of hydrogen-bond donors (Lipinski definition) is 2. The van der Waals surface area contributed by atoms with Gasteiger partial charge in [0.05, 0.1) is 17.5 Å². The minimum atomic E-state index is -0.307. The molecule has 6 heteroatoms. The van der Waals surface area contributed by atoms with Crippen molar-refractivity contribution in [3.63, 3.8) is 0 Å². The van der Waals surface area contributed by atoms with Crippen molar-refractivity contribution in [3.8, 4) is 11.8 Å². The zero-order valence-electron chi connectivity index (χ0n) is 9.07. The number of amides is 1. The number of nitrogens with two attached hydrogens (primary N) is 1. The first-order chi connectivity index (χ1) is 8.13. The first-order valence-corrected chi connectivity index (χ1v) is 5.32. The lowest BCUT2D eigenvalue weighted by atomic mass is 10.3. The molecule has 17 heavy (non-hydrogen) atoms. The molecule has 0 heterocycles. The number of nitriles is 1. The number of benzene rings is 1. The third-order valence-corrected chi connectivity index (χ3v) is 2.19. The molecule has 0 saturated heterocycles. The van der Waals surface area contributed by atoms with Gasteiger partial charge in [-0.25, -0.2) is 0 Å². The van der Waals surface area contributed by atoms with E-state index in [9.17, 15) is 4.79 Å². The van der Waals surface area contributed by atoms with E-state index in [0.717, 1.165) is 0 Å². The van der Waals surface area contributed by atoms with Crippen LogP contribution in [0.4, 0.5) is 5.69 Å². The fourth-order valence-electron chi connectivity index (χ4n) is 1.08. The number of carbonyl (C=O) groups is 1. The molecule has 3 N–H and O–H groups in total. The van der Waals surface area contributed by atoms with Crippen LogP contribution in [0, 0.1) is 11.3 Å². The summed E-state index contributed by atoms with van der Waals surface area (Å²) in [6.07, 6.45) is 0.269. The van der Waals surface area contributed by atoms with Gasteiger partial charge in [-0.3, -0.25) is 4.79 Å². The Hall–Kier alpha value is -1.93. The van der Waals surface area contributed by atoms with Crippen LogP contribution in [0.15, 0.2) is 18.2 Å². The maximum absolute atomic E-state index is 11.3. The van der Waals surface area contributed by atoms with Gasteiger partial charge in [-0.15, -0.1) is 0 Å². The van der Waals surface area contributed by atoms with Gasteiger partial charge in [0.25, 0.3) is 5.91 Å². The summed E-state index contributed by atoms with van der Waals surface area (Å²) < 4.78 is 5.20. The maximum Gasteiger partial charge on any atom is 0.257 e. The number of hydrogen-bond acceptors (Lipinski definition) is 4. The Kier molecular flexibility index (Phi) is 5.11. The smallest absolute Gasteiger partial charge is 0.257 e. The molecule has 1 aromatic carbocycles. The minimum Gasteiger partial charge on any atom is -0.482 e. The lowest BCUT2D eigenvalue weighted by molar-refractivity contribution is -0.123. The predicted molar refractivity (Wildman–Crippen MR) is 64.6 cm³/mol. The Balaban J connectivity index is 2.42. The number of halogens is 1. The van der Waals surface area contributed by atoms with Gasteiger partial charge in [0.15, 0.2) is 6.61 Å². The van der Waals surface area contributed by atoms with Crippen LogP contribution in [-0.2, 0) is 4.79 Å². The summed E-state index contributed by atoms with van der Waals surface area (Å²) in [7, 11) is 0. The average Bonchev–Trinajstić information content (AvgIpc) is 2.31. The maximum atomic E-state index is 11.3. The highest BCUT2D eigenvalue weighted by Crippen LogP contribution is 2.26. The third-order valence-electron chi connectivity index (χ3n) is 1.87. The highest BCUT2D eigenvalue weighted by molar-refractivity contribution is 6.32. The van der Waals surface area contributed by atoms with Crippen LogP contribution in [0.2, 0.25) is 5.02 Å². The molecule has 0 bridgehead atoms. The molecule has 0 aromatic heterocycles. The summed E-state index contributed by atoms with van der Waals surface area (Å²) in [5, 5.41) is 11.2. The van der Waals surface area contributed by atoms with Crippen molar-refractivity contribution in [1.82, 2.24) is 5.32 Å². The number of ether oxygens (including phenoxy) is 1. The van der Waals surface area contributed by atoms with Crippen molar-refractivity contribution in [2.75, 3.05) is 18.9 Å². The lowest BCUT2D eigenvalue weighted by Crippen LogP contribution is -2.29. The molecule has 1 aromatic rings. The van der Waals surface area contributed by atoms with Crippen LogP contribution in [0.1, 0.15) is 6.42 Å². The van der Waals surface area contributed by atoms with Gasteiger partial charge in [-0.2, -0.15) is 5.26 Å². The summed E-state index contributed by atoms with van der Waals surface area (Å²) in [6, 6.07) is 6.70. The molecule has 0 atom stereocenters. The number of rotatable bonds is 5. The lowest BCUT2D eigenvalue weighted by Gasteiger charge is -2.08. The van der Waals surface area contributed by atoms with Gasteiger partial charge in [0.1, 0.15) is 5.75 Å². The normalized spacial score (nSPS) is 9.41. The number of nitrogens with one attached hydrogen (secondary N) is 1. The van der Waals surface area contributed by atoms with E-state index in [0.29, 0.717) is 23.0 Å². The standard InChI is InChI=1S/C11H12ClN3O2/c12-9-3-2-8(14)6-10(9)17-7-11(16)15-5-1-4-13/h2-3,6H,1,5,7,14H2,(H,15,16). The van der Waals surface area contributed by atoms with Crippen molar-refractivity contribution < 1.29 is 9.53 Å². The average molecular weight is 254 g/mol. The Labute approximate surface area is 104 Å². The van der Waals surface area contributed by atoms with E-state index in [1.165, 1.54) is 0 Å². The fraction of sp³-hybridized carbons (Fsp3) is 0.273. The second-order valence-corrected chi connectivity index (χ2v) is 3.64. The highest BCUT2D eigenvalue weighted by atomic mass is 35.5. The van der Waals surface area contributed by atoms with E-state index in [4.69, 9.17) is 27.3 Å². The van der Waals surface area contributed by atoms with Crippen LogP contribution in [0.3, 0.4) is 0 Å². The van der Waals surface area contributed by atoms with Crippen molar-refractivity contribution in [3.05, 3.63) is 23.2 Å². The van der Waals surface area contributed by atoms with E-state index in [-0.39, 0.29) is 18.9 Å². The summed E-state index contributed by atoms with van der Waals surface area (Å²) >= 11 is 5.85. The molecule has 0 unspecified atom stereocenters. The van der Waals surface area contributed by atoms with Crippen molar-refractivity contribution >= 4 is 23.2 Å². The Morgan fingerprint density at radius 1 is 1.59 bits per heavy atom. The van der Waals surface area contributed by atoms with Crippen molar-refractivity contribution in [2.45, 2.75) is 6.42 Å². The van der Waals surface area contributed by atoms with Crippen LogP contribution in [0.5, 0.6) is 5.75 Å². The predicted octanol–water partition coefficient (Wildman–Crippen LogP) is 1.33. The van der Waals surface area contributed by atoms with Crippen LogP contribution in [-0.4, -0.2) is 19.1 Å². The summed E-state index contributed by atoms with van der Waals surface area (Å²) in [5.74, 6) is 0.0563. The molecule has 1 amide bonds. The second-order valence-electron chi connectivity index (χ2n) is 3.24. The molecule has 0 fully saturated rings. The highest BCUT2D eigenvalue weighted by Gasteiger charge is 2.05. The molecule has 0 saturated carbocycles. The number of carbonyl (C=O) groups excluding carboxylic acids is 1. The van der Waals surface area contributed by atoms with Crippen molar-refractivity contribution in [1.29, 1.82) is 5.26 Å². The Morgan fingerprint density at radius 3 is 3.06 bits per heavy atom. The minimum absolute atomic E-state index is 0.158. The van der Waals surface area contributed by atoms with E-state index in [1.807, 2.05) is 6.07 Å². The number of anilines is 1. The Morgan fingerprint density at radius 2 is 2.35 bits per heavy atom. The molecule has 0 aliphatic carbocycles. The number of nitrogen functional groups attached to an aromatic ring is 1. The molecule has 0 aliphatic heterocycles. The van der Waals surface area contributed by atoms with Gasteiger partial charge >= 0.3 is 0 Å². The summed E-state index contributed by atoms with van der Waals surface area (Å²) in [6.45, 7) is 0.151. The van der Waals surface area contributed by atoms with Crippen LogP contribution >= 0.6 is 11.6 Å². The zero-order valence-corrected chi connectivity index (χ0v) is 9.83. The van der Waals surface area contributed by atoms with Gasteiger partial charge in [0, 0.05) is 18.3 Å². The van der Waals surface area contributed by atoms with E-state index < -0.39 is 0 Å². The molecule has 0 aliphatic rings. The molecule has 0 spiro atoms. The second kappa shape index (κ2) is 6.61. The topological polar surface area (TPSA) is 88.1 Å². The largest absolute Gasteiger partial charge is 0.482 e. The molecule has 90 valence electrons. The molecule has 1 rings (SSSR count). The summed E-state index contributed by atoms with van der Waals surface area (Å²) in [5.41, 5.74) is 6.07. The van der Waals surface area contributed by atoms with Gasteiger partial charge in [-0.05, 0) is 12.1 Å². The van der Waals surface area contributed by atoms with E-state index in [1.54, 1.807) is 18.2 Å². The van der Waals surface area contributed by atoms with Crippen LogP contribution < -0.4 is 15.8 Å². The van der Waals surface area contributed by atoms with Gasteiger partial charge < -0.3 is 15.8 Å². The zero-order chi connectivity index (χ0) is 12.7. The summed E-state index contributed by atoms with van der Waals surface area (Å²) in [4.78, 5) is 11.3. The SMILES string of the molecule is N#CCCNC(=O)COc1cc(N)ccc1Cl. The van der Waals surface area contributed by atoms with Gasteiger partial charge in [0.2, 0.25) is 0 Å². The Bertz CT molecular complexity index is 443. The molecule has 0 radical (unpaired) electrons. The molecular weight excluding hydrogens is 242 g/mol. The first-order valence-electron chi connectivity index (χ1n) is 4.95. The molecular formula is C11H12ClN3O2. The monoisotopic (exact) mass is 253 g/mol. The van der Waals surface area contributed by atoms with Crippen molar-refractivity contribution in [2.24, 2.45) is 0 Å².